The zero-order chi connectivity index (χ0) is 17.2. The van der Waals surface area contributed by atoms with Crippen LogP contribution in [0.4, 0.5) is 4.79 Å². The summed E-state index contributed by atoms with van der Waals surface area (Å²) in [5, 5.41) is 8.54. The SMILES string of the molecule is CN=C1NC(=O)S/C1=C\c1ccc2nn(CC3CCCCC3)cc2c1. The van der Waals surface area contributed by atoms with Gasteiger partial charge in [0.1, 0.15) is 5.84 Å². The van der Waals surface area contributed by atoms with Crippen LogP contribution in [0.15, 0.2) is 34.3 Å². The molecule has 1 saturated carbocycles. The highest BCUT2D eigenvalue weighted by Crippen LogP contribution is 2.28. The van der Waals surface area contributed by atoms with E-state index in [0.29, 0.717) is 5.84 Å². The summed E-state index contributed by atoms with van der Waals surface area (Å²) in [6.45, 7) is 1.02. The third kappa shape index (κ3) is 3.63. The van der Waals surface area contributed by atoms with Crippen molar-refractivity contribution in [1.82, 2.24) is 15.1 Å². The van der Waals surface area contributed by atoms with E-state index in [1.165, 1.54) is 43.9 Å². The van der Waals surface area contributed by atoms with E-state index >= 15 is 0 Å². The van der Waals surface area contributed by atoms with Crippen molar-refractivity contribution in [3.63, 3.8) is 0 Å². The molecule has 2 aromatic rings. The molecule has 1 N–H and O–H groups in total. The van der Waals surface area contributed by atoms with Crippen LogP contribution in [-0.2, 0) is 6.54 Å². The highest BCUT2D eigenvalue weighted by Gasteiger charge is 2.22. The van der Waals surface area contributed by atoms with E-state index in [4.69, 9.17) is 5.10 Å². The van der Waals surface area contributed by atoms with Gasteiger partial charge in [-0.05, 0) is 54.3 Å². The first-order valence-corrected chi connectivity index (χ1v) is 9.68. The number of aromatic nitrogens is 2. The molecule has 6 heteroatoms. The molecule has 0 atom stereocenters. The van der Waals surface area contributed by atoms with Crippen LogP contribution in [0.25, 0.3) is 17.0 Å². The second kappa shape index (κ2) is 7.04. The summed E-state index contributed by atoms with van der Waals surface area (Å²) in [5.41, 5.74) is 2.08. The maximum Gasteiger partial charge on any atom is 0.289 e. The van der Waals surface area contributed by atoms with Crippen molar-refractivity contribution in [3.8, 4) is 0 Å². The molecule has 1 saturated heterocycles. The van der Waals surface area contributed by atoms with Gasteiger partial charge in [-0.3, -0.25) is 14.5 Å². The van der Waals surface area contributed by atoms with E-state index in [-0.39, 0.29) is 5.24 Å². The van der Waals surface area contributed by atoms with Crippen molar-refractivity contribution in [2.45, 2.75) is 38.6 Å². The number of amides is 1. The van der Waals surface area contributed by atoms with Crippen molar-refractivity contribution in [2.24, 2.45) is 10.9 Å². The van der Waals surface area contributed by atoms with Gasteiger partial charge in [0.05, 0.1) is 10.4 Å². The Bertz CT molecular complexity index is 861. The van der Waals surface area contributed by atoms with Gasteiger partial charge in [0, 0.05) is 25.2 Å². The average Bonchev–Trinajstić information content (AvgIpc) is 3.17. The third-order valence-electron chi connectivity index (χ3n) is 4.92. The summed E-state index contributed by atoms with van der Waals surface area (Å²) in [6, 6.07) is 6.23. The number of carbonyl (C=O) groups is 1. The zero-order valence-corrected chi connectivity index (χ0v) is 15.2. The quantitative estimate of drug-likeness (QED) is 0.886. The predicted molar refractivity (Wildman–Crippen MR) is 104 cm³/mol. The number of benzene rings is 1. The largest absolute Gasteiger partial charge is 0.300 e. The van der Waals surface area contributed by atoms with Gasteiger partial charge in [-0.2, -0.15) is 5.10 Å². The lowest BCUT2D eigenvalue weighted by atomic mass is 9.89. The normalized spacial score (nSPS) is 22.2. The lowest BCUT2D eigenvalue weighted by molar-refractivity contribution is 0.265. The fourth-order valence-electron chi connectivity index (χ4n) is 3.66. The van der Waals surface area contributed by atoms with Crippen LogP contribution in [0.2, 0.25) is 0 Å². The Balaban J connectivity index is 1.57. The van der Waals surface area contributed by atoms with Crippen molar-refractivity contribution >= 4 is 39.8 Å². The first kappa shape index (κ1) is 16.4. The highest BCUT2D eigenvalue weighted by atomic mass is 32.2. The molecule has 1 aromatic heterocycles. The Kier molecular flexibility index (Phi) is 4.61. The second-order valence-corrected chi connectivity index (χ2v) is 7.78. The van der Waals surface area contributed by atoms with Crippen LogP contribution in [0, 0.1) is 5.92 Å². The Labute approximate surface area is 151 Å². The van der Waals surface area contributed by atoms with Crippen LogP contribution in [0.3, 0.4) is 0 Å². The van der Waals surface area contributed by atoms with Crippen LogP contribution in [0.5, 0.6) is 0 Å². The van der Waals surface area contributed by atoms with Gasteiger partial charge in [-0.1, -0.05) is 25.3 Å². The van der Waals surface area contributed by atoms with E-state index in [9.17, 15) is 4.79 Å². The number of thioether (sulfide) groups is 1. The zero-order valence-electron chi connectivity index (χ0n) is 14.4. The molecular formula is C19H22N4OS. The van der Waals surface area contributed by atoms with Crippen LogP contribution < -0.4 is 5.32 Å². The number of amidine groups is 1. The minimum Gasteiger partial charge on any atom is -0.300 e. The number of aliphatic imine (C=N–C) groups is 1. The smallest absolute Gasteiger partial charge is 0.289 e. The van der Waals surface area contributed by atoms with E-state index in [2.05, 4.69) is 33.3 Å². The number of carbonyl (C=O) groups excluding carboxylic acids is 1. The topological polar surface area (TPSA) is 59.3 Å². The molecule has 2 aliphatic rings. The molecule has 1 aliphatic heterocycles. The Morgan fingerprint density at radius 3 is 3.00 bits per heavy atom. The number of nitrogens with one attached hydrogen (secondary N) is 1. The Morgan fingerprint density at radius 2 is 2.20 bits per heavy atom. The van der Waals surface area contributed by atoms with E-state index in [1.807, 2.05) is 12.1 Å². The van der Waals surface area contributed by atoms with Gasteiger partial charge < -0.3 is 5.32 Å². The van der Waals surface area contributed by atoms with Crippen molar-refractivity contribution < 1.29 is 4.79 Å². The summed E-state index contributed by atoms with van der Waals surface area (Å²) >= 11 is 1.19. The van der Waals surface area contributed by atoms with Crippen molar-refractivity contribution in [2.75, 3.05) is 7.05 Å². The number of rotatable bonds is 3. The number of hydrogen-bond donors (Lipinski definition) is 1. The van der Waals surface area contributed by atoms with Gasteiger partial charge in [0.2, 0.25) is 0 Å². The minimum atomic E-state index is -0.0757. The van der Waals surface area contributed by atoms with Gasteiger partial charge >= 0.3 is 0 Å². The highest BCUT2D eigenvalue weighted by molar-refractivity contribution is 8.18. The molecule has 2 heterocycles. The molecule has 2 fully saturated rings. The first-order valence-electron chi connectivity index (χ1n) is 8.86. The molecule has 5 nitrogen and oxygen atoms in total. The molecule has 0 spiro atoms. The fraction of sp³-hybridized carbons (Fsp3) is 0.421. The number of fused-ring (bicyclic) bond motifs is 1. The van der Waals surface area contributed by atoms with Gasteiger partial charge in [-0.15, -0.1) is 0 Å². The second-order valence-electron chi connectivity index (χ2n) is 6.77. The third-order valence-corrected chi connectivity index (χ3v) is 5.74. The van der Waals surface area contributed by atoms with E-state index < -0.39 is 0 Å². The molecule has 0 bridgehead atoms. The molecular weight excluding hydrogens is 332 g/mol. The molecule has 25 heavy (non-hydrogen) atoms. The van der Waals surface area contributed by atoms with Crippen LogP contribution >= 0.6 is 11.8 Å². The number of nitrogens with zero attached hydrogens (tertiary/aromatic N) is 3. The molecule has 1 aliphatic carbocycles. The summed E-state index contributed by atoms with van der Waals surface area (Å²) < 4.78 is 2.10. The monoisotopic (exact) mass is 354 g/mol. The number of hydrogen-bond acceptors (Lipinski definition) is 4. The minimum absolute atomic E-state index is 0.0757. The molecule has 4 rings (SSSR count). The summed E-state index contributed by atoms with van der Waals surface area (Å²) in [4.78, 5) is 16.5. The lowest BCUT2D eigenvalue weighted by Crippen LogP contribution is -2.18. The van der Waals surface area contributed by atoms with Gasteiger partial charge in [-0.25, -0.2) is 0 Å². The van der Waals surface area contributed by atoms with Crippen molar-refractivity contribution in [3.05, 3.63) is 34.9 Å². The standard InChI is InChI=1S/C19H22N4OS/c1-20-18-17(25-19(24)21-18)10-14-7-8-16-15(9-14)12-23(22-16)11-13-5-3-2-4-6-13/h7-10,12-13H,2-6,11H2,1H3,(H,20,21,24)/b17-10-. The fourth-order valence-corrected chi connectivity index (χ4v) is 4.44. The maximum atomic E-state index is 11.5. The maximum absolute atomic E-state index is 11.5. The summed E-state index contributed by atoms with van der Waals surface area (Å²) in [5.74, 6) is 1.41. The lowest BCUT2D eigenvalue weighted by Gasteiger charge is -2.21. The summed E-state index contributed by atoms with van der Waals surface area (Å²) in [6.07, 6.45) is 10.9. The molecule has 1 aromatic carbocycles. The molecule has 0 radical (unpaired) electrons. The predicted octanol–water partition coefficient (Wildman–Crippen LogP) is 4.44. The average molecular weight is 354 g/mol. The van der Waals surface area contributed by atoms with Crippen molar-refractivity contribution in [1.29, 1.82) is 0 Å². The van der Waals surface area contributed by atoms with Crippen LogP contribution in [-0.4, -0.2) is 27.9 Å². The van der Waals surface area contributed by atoms with Gasteiger partial charge in [0.15, 0.2) is 0 Å². The Morgan fingerprint density at radius 1 is 1.36 bits per heavy atom. The van der Waals surface area contributed by atoms with E-state index in [0.717, 1.165) is 33.8 Å². The summed E-state index contributed by atoms with van der Waals surface area (Å²) in [7, 11) is 1.69. The first-order chi connectivity index (χ1) is 12.2. The Hall–Kier alpha value is -2.08. The van der Waals surface area contributed by atoms with E-state index in [1.54, 1.807) is 7.05 Å². The van der Waals surface area contributed by atoms with Gasteiger partial charge in [0.25, 0.3) is 5.24 Å². The molecule has 1 amide bonds. The molecule has 0 unspecified atom stereocenters. The molecule has 130 valence electrons. The van der Waals surface area contributed by atoms with Crippen LogP contribution in [0.1, 0.15) is 37.7 Å².